The van der Waals surface area contributed by atoms with E-state index in [4.69, 9.17) is 11.6 Å². The van der Waals surface area contributed by atoms with Crippen molar-refractivity contribution in [3.05, 3.63) is 41.4 Å². The summed E-state index contributed by atoms with van der Waals surface area (Å²) < 4.78 is 1.89. The highest BCUT2D eigenvalue weighted by Crippen LogP contribution is 2.09. The first-order valence-corrected chi connectivity index (χ1v) is 6.03. The van der Waals surface area contributed by atoms with Crippen LogP contribution < -0.4 is 5.32 Å². The molecule has 5 nitrogen and oxygen atoms in total. The molecule has 0 spiro atoms. The molecule has 0 aromatic carbocycles. The zero-order valence-corrected chi connectivity index (χ0v) is 10.7. The standard InChI is InChI=1S/C12H13ClN4O/c1-2-7-17-8-3-4-9(17)11(18)16-12-14-6-5-10(13)15-12/h3-6,8H,2,7H2,1H3,(H,14,15,16,18). The number of carbonyl (C=O) groups is 1. The highest BCUT2D eigenvalue weighted by molar-refractivity contribution is 6.29. The van der Waals surface area contributed by atoms with Gasteiger partial charge < -0.3 is 4.57 Å². The first-order chi connectivity index (χ1) is 8.70. The summed E-state index contributed by atoms with van der Waals surface area (Å²) >= 11 is 5.73. The average Bonchev–Trinajstić information content (AvgIpc) is 2.78. The van der Waals surface area contributed by atoms with Crippen LogP contribution in [0.3, 0.4) is 0 Å². The van der Waals surface area contributed by atoms with Crippen LogP contribution in [0.4, 0.5) is 5.95 Å². The second-order valence-electron chi connectivity index (χ2n) is 3.74. The van der Waals surface area contributed by atoms with Crippen LogP contribution in [0.15, 0.2) is 30.6 Å². The van der Waals surface area contributed by atoms with E-state index in [2.05, 4.69) is 22.2 Å². The molecular weight excluding hydrogens is 252 g/mol. The van der Waals surface area contributed by atoms with E-state index in [0.717, 1.165) is 13.0 Å². The third-order valence-electron chi connectivity index (χ3n) is 2.37. The van der Waals surface area contributed by atoms with Gasteiger partial charge in [-0.05, 0) is 24.6 Å². The van der Waals surface area contributed by atoms with E-state index in [1.807, 2.05) is 16.8 Å². The number of hydrogen-bond donors (Lipinski definition) is 1. The van der Waals surface area contributed by atoms with E-state index in [9.17, 15) is 4.79 Å². The molecule has 2 heterocycles. The van der Waals surface area contributed by atoms with Crippen LogP contribution in [0.2, 0.25) is 5.15 Å². The van der Waals surface area contributed by atoms with Gasteiger partial charge in [0.2, 0.25) is 5.95 Å². The molecule has 0 atom stereocenters. The van der Waals surface area contributed by atoms with Crippen molar-refractivity contribution in [2.75, 3.05) is 5.32 Å². The first kappa shape index (κ1) is 12.6. The number of aromatic nitrogens is 3. The van der Waals surface area contributed by atoms with E-state index < -0.39 is 0 Å². The van der Waals surface area contributed by atoms with Gasteiger partial charge in [0.05, 0.1) is 0 Å². The minimum Gasteiger partial charge on any atom is -0.344 e. The van der Waals surface area contributed by atoms with E-state index >= 15 is 0 Å². The number of anilines is 1. The lowest BCUT2D eigenvalue weighted by atomic mass is 10.4. The Morgan fingerprint density at radius 3 is 3.06 bits per heavy atom. The zero-order chi connectivity index (χ0) is 13.0. The van der Waals surface area contributed by atoms with Gasteiger partial charge in [-0.25, -0.2) is 9.97 Å². The molecule has 94 valence electrons. The van der Waals surface area contributed by atoms with Crippen molar-refractivity contribution < 1.29 is 4.79 Å². The maximum Gasteiger partial charge on any atom is 0.274 e. The fraction of sp³-hybridized carbons (Fsp3) is 0.250. The van der Waals surface area contributed by atoms with Gasteiger partial charge in [0.25, 0.3) is 5.91 Å². The van der Waals surface area contributed by atoms with Gasteiger partial charge in [0, 0.05) is 18.9 Å². The number of amides is 1. The van der Waals surface area contributed by atoms with Gasteiger partial charge in [0.15, 0.2) is 0 Å². The molecular formula is C12H13ClN4O. The maximum absolute atomic E-state index is 12.0. The molecule has 2 rings (SSSR count). The van der Waals surface area contributed by atoms with E-state index in [0.29, 0.717) is 10.8 Å². The van der Waals surface area contributed by atoms with Crippen LogP contribution in [-0.2, 0) is 6.54 Å². The lowest BCUT2D eigenvalue weighted by molar-refractivity contribution is 0.101. The zero-order valence-electron chi connectivity index (χ0n) is 9.93. The highest BCUT2D eigenvalue weighted by Gasteiger charge is 2.11. The summed E-state index contributed by atoms with van der Waals surface area (Å²) in [6.07, 6.45) is 4.33. The number of nitrogens with zero attached hydrogens (tertiary/aromatic N) is 3. The molecule has 0 radical (unpaired) electrons. The Morgan fingerprint density at radius 1 is 1.50 bits per heavy atom. The molecule has 18 heavy (non-hydrogen) atoms. The maximum atomic E-state index is 12.0. The molecule has 0 aliphatic heterocycles. The molecule has 0 saturated heterocycles. The van der Waals surface area contributed by atoms with Gasteiger partial charge >= 0.3 is 0 Å². The van der Waals surface area contributed by atoms with Gasteiger partial charge in [-0.3, -0.25) is 10.1 Å². The molecule has 0 fully saturated rings. The molecule has 0 saturated carbocycles. The topological polar surface area (TPSA) is 59.8 Å². The van der Waals surface area contributed by atoms with Crippen molar-refractivity contribution >= 4 is 23.5 Å². The Balaban J connectivity index is 2.14. The van der Waals surface area contributed by atoms with Crippen molar-refractivity contribution in [3.63, 3.8) is 0 Å². The summed E-state index contributed by atoms with van der Waals surface area (Å²) in [5.41, 5.74) is 0.584. The Hall–Kier alpha value is -1.88. The number of hydrogen-bond acceptors (Lipinski definition) is 3. The minimum absolute atomic E-state index is 0.205. The van der Waals surface area contributed by atoms with Crippen molar-refractivity contribution in [1.29, 1.82) is 0 Å². The SMILES string of the molecule is CCCn1cccc1C(=O)Nc1nccc(Cl)n1. The van der Waals surface area contributed by atoms with Crippen LogP contribution in [0.1, 0.15) is 23.8 Å². The molecule has 0 aliphatic rings. The summed E-state index contributed by atoms with van der Waals surface area (Å²) in [5.74, 6) is -0.0348. The quantitative estimate of drug-likeness (QED) is 0.864. The fourth-order valence-corrected chi connectivity index (χ4v) is 1.75. The number of carbonyl (C=O) groups excluding carboxylic acids is 1. The Kier molecular flexibility index (Phi) is 3.94. The molecule has 2 aromatic heterocycles. The lowest BCUT2D eigenvalue weighted by Gasteiger charge is -2.07. The van der Waals surface area contributed by atoms with Gasteiger partial charge in [-0.15, -0.1) is 0 Å². The fourth-order valence-electron chi connectivity index (χ4n) is 1.62. The number of halogens is 1. The summed E-state index contributed by atoms with van der Waals surface area (Å²) in [6.45, 7) is 2.86. The summed E-state index contributed by atoms with van der Waals surface area (Å²) in [7, 11) is 0. The number of rotatable bonds is 4. The van der Waals surface area contributed by atoms with Crippen molar-refractivity contribution in [2.24, 2.45) is 0 Å². The predicted octanol–water partition coefficient (Wildman–Crippen LogP) is 2.59. The summed E-state index contributed by atoms with van der Waals surface area (Å²) in [5, 5.41) is 2.91. The third kappa shape index (κ3) is 2.87. The molecule has 0 aliphatic carbocycles. The number of nitrogens with one attached hydrogen (secondary N) is 1. The second kappa shape index (κ2) is 5.64. The molecule has 1 amide bonds. The molecule has 0 unspecified atom stereocenters. The Morgan fingerprint density at radius 2 is 2.33 bits per heavy atom. The highest BCUT2D eigenvalue weighted by atomic mass is 35.5. The van der Waals surface area contributed by atoms with Crippen LogP contribution in [0.25, 0.3) is 0 Å². The van der Waals surface area contributed by atoms with Crippen molar-refractivity contribution in [1.82, 2.24) is 14.5 Å². The molecule has 0 bridgehead atoms. The Labute approximate surface area is 110 Å². The van der Waals surface area contributed by atoms with E-state index in [1.165, 1.54) is 6.20 Å². The van der Waals surface area contributed by atoms with E-state index in [-0.39, 0.29) is 11.9 Å². The third-order valence-corrected chi connectivity index (χ3v) is 2.58. The van der Waals surface area contributed by atoms with Crippen LogP contribution >= 0.6 is 11.6 Å². The van der Waals surface area contributed by atoms with Crippen molar-refractivity contribution in [2.45, 2.75) is 19.9 Å². The first-order valence-electron chi connectivity index (χ1n) is 5.65. The van der Waals surface area contributed by atoms with Gasteiger partial charge in [-0.1, -0.05) is 18.5 Å². The smallest absolute Gasteiger partial charge is 0.274 e. The van der Waals surface area contributed by atoms with Gasteiger partial charge in [-0.2, -0.15) is 0 Å². The molecule has 2 aromatic rings. The normalized spacial score (nSPS) is 10.3. The minimum atomic E-state index is -0.240. The lowest BCUT2D eigenvalue weighted by Crippen LogP contribution is -2.18. The van der Waals surface area contributed by atoms with Crippen LogP contribution in [0.5, 0.6) is 0 Å². The Bertz CT molecular complexity index is 553. The van der Waals surface area contributed by atoms with Crippen LogP contribution in [0, 0.1) is 0 Å². The second-order valence-corrected chi connectivity index (χ2v) is 4.13. The predicted molar refractivity (Wildman–Crippen MR) is 69.7 cm³/mol. The molecule has 1 N–H and O–H groups in total. The van der Waals surface area contributed by atoms with E-state index in [1.54, 1.807) is 12.1 Å². The summed E-state index contributed by atoms with van der Waals surface area (Å²) in [4.78, 5) is 19.9. The van der Waals surface area contributed by atoms with Gasteiger partial charge in [0.1, 0.15) is 10.8 Å². The summed E-state index contributed by atoms with van der Waals surface area (Å²) in [6, 6.07) is 5.15. The van der Waals surface area contributed by atoms with Crippen LogP contribution in [-0.4, -0.2) is 20.4 Å². The van der Waals surface area contributed by atoms with Crippen molar-refractivity contribution in [3.8, 4) is 0 Å². The average molecular weight is 265 g/mol. The molecule has 6 heteroatoms. The number of aryl methyl sites for hydroxylation is 1. The largest absolute Gasteiger partial charge is 0.344 e. The monoisotopic (exact) mass is 264 g/mol.